The van der Waals surface area contributed by atoms with Crippen LogP contribution in [-0.2, 0) is 35.6 Å². The van der Waals surface area contributed by atoms with Gasteiger partial charge in [0.15, 0.2) is 1.37 Å². The second-order valence-corrected chi connectivity index (χ2v) is 7.20. The maximum absolute atomic E-state index is 11.3. The van der Waals surface area contributed by atoms with E-state index in [1.807, 2.05) is 62.4 Å². The molecule has 1 aliphatic heterocycles. The Morgan fingerprint density at radius 1 is 1.25 bits per heavy atom. The Bertz CT molecular complexity index is 932. The number of carbonyl (C=O) groups excluding carboxylic acids is 3. The number of hydroxylamine groups is 1. The van der Waals surface area contributed by atoms with Crippen LogP contribution in [0.3, 0.4) is 0 Å². The molecule has 0 aliphatic carbocycles. The average Bonchev–Trinajstić information content (AvgIpc) is 3.24. The van der Waals surface area contributed by atoms with E-state index in [0.717, 1.165) is 16.8 Å². The first-order chi connectivity index (χ1) is 16.6. The van der Waals surface area contributed by atoms with E-state index in [9.17, 15) is 18.8 Å². The number of nitrogens with zero attached hydrogens (tertiary/aromatic N) is 1. The molecule has 0 radical (unpaired) electrons. The fourth-order valence-electron chi connectivity index (χ4n) is 2.29. The summed E-state index contributed by atoms with van der Waals surface area (Å²) in [5.74, 6) is 0.355. The van der Waals surface area contributed by atoms with Gasteiger partial charge in [-0.1, -0.05) is 42.0 Å². The fourth-order valence-corrected chi connectivity index (χ4v) is 2.66. The van der Waals surface area contributed by atoms with E-state index in [4.69, 9.17) is 34.5 Å². The molecule has 1 N–H and O–H groups in total. The number of hydrogen-bond donors (Lipinski definition) is 1. The van der Waals surface area contributed by atoms with E-state index in [1.54, 1.807) is 0 Å². The summed E-state index contributed by atoms with van der Waals surface area (Å²) in [5, 5.41) is 9.66. The van der Waals surface area contributed by atoms with Gasteiger partial charge in [0, 0.05) is 12.3 Å². The van der Waals surface area contributed by atoms with Crippen LogP contribution in [-0.4, -0.2) is 35.2 Å². The third-order valence-corrected chi connectivity index (χ3v) is 4.05. The number of anilines is 1. The SMILES string of the molecule is Cc1cccc(CO)c1.Cc1cccc(N2OCCC2=O)c1.O=C(Cl)CCCl.[2H]C(=O)OO[CH-]F.[K+].[K+]. The van der Waals surface area contributed by atoms with Crippen molar-refractivity contribution in [1.82, 2.24) is 0 Å². The van der Waals surface area contributed by atoms with Gasteiger partial charge in [-0.2, -0.15) is 5.06 Å². The van der Waals surface area contributed by atoms with Gasteiger partial charge in [0.2, 0.25) is 5.24 Å². The summed E-state index contributed by atoms with van der Waals surface area (Å²) in [6, 6.07) is 15.6. The Hall–Kier alpha value is 0.713. The molecule has 1 fully saturated rings. The van der Waals surface area contributed by atoms with E-state index in [1.165, 1.54) is 10.6 Å². The Labute approximate surface area is 307 Å². The summed E-state index contributed by atoms with van der Waals surface area (Å²) in [7, 11) is 0. The van der Waals surface area contributed by atoms with Crippen LogP contribution >= 0.6 is 23.2 Å². The van der Waals surface area contributed by atoms with Gasteiger partial charge in [0.05, 0.1) is 25.3 Å². The van der Waals surface area contributed by atoms with Crippen molar-refractivity contribution in [3.05, 3.63) is 72.1 Å². The van der Waals surface area contributed by atoms with Gasteiger partial charge in [-0.05, 0) is 55.6 Å². The minimum atomic E-state index is -1.44. The van der Waals surface area contributed by atoms with Gasteiger partial charge in [-0.15, -0.1) is 11.6 Å². The zero-order valence-corrected chi connectivity index (χ0v) is 28.5. The van der Waals surface area contributed by atoms with E-state index in [-0.39, 0.29) is 134 Å². The Balaban J connectivity index is -0.000000430. The van der Waals surface area contributed by atoms with Crippen LogP contribution in [0.2, 0.25) is 0 Å². The number of amides is 1. The number of halogens is 3. The van der Waals surface area contributed by atoms with Crippen LogP contribution in [0.15, 0.2) is 48.5 Å². The van der Waals surface area contributed by atoms with Crippen molar-refractivity contribution in [3.63, 3.8) is 0 Å². The molecule has 2 aromatic rings. The largest absolute Gasteiger partial charge is 1.00 e. The van der Waals surface area contributed by atoms with Crippen LogP contribution in [0.25, 0.3) is 0 Å². The first-order valence-electron chi connectivity index (χ1n) is 10.3. The quantitative estimate of drug-likeness (QED) is 0.0841. The van der Waals surface area contributed by atoms with Crippen molar-refractivity contribution < 1.29 is 143 Å². The molecule has 0 atom stereocenters. The minimum Gasteiger partial charge on any atom is -0.426 e. The molecular weight excluding hydrogens is 570 g/mol. The van der Waals surface area contributed by atoms with Crippen LogP contribution in [0.4, 0.5) is 10.1 Å². The number of aliphatic hydroxyl groups excluding tert-OH is 1. The number of aryl methyl sites for hydroxylation is 2. The summed E-state index contributed by atoms with van der Waals surface area (Å²) in [6.07, 6.45) is -0.689. The summed E-state index contributed by atoms with van der Waals surface area (Å²) in [5.41, 5.74) is 4.12. The maximum atomic E-state index is 11.3. The van der Waals surface area contributed by atoms with Crippen molar-refractivity contribution in [1.29, 1.82) is 0 Å². The first-order valence-corrected chi connectivity index (χ1v) is 10.7. The summed E-state index contributed by atoms with van der Waals surface area (Å²) < 4.78 is 16.6. The third-order valence-electron chi connectivity index (χ3n) is 3.67. The third kappa shape index (κ3) is 21.6. The van der Waals surface area contributed by atoms with Crippen molar-refractivity contribution >= 4 is 46.5 Å². The molecule has 36 heavy (non-hydrogen) atoms. The van der Waals surface area contributed by atoms with E-state index < -0.39 is 6.45 Å². The number of hydrogen-bond acceptors (Lipinski definition) is 7. The number of alkyl halides is 1. The molecular formula is C23H27Cl2FK2NO7+. The van der Waals surface area contributed by atoms with E-state index in [2.05, 4.69) is 9.78 Å². The predicted octanol–water partition coefficient (Wildman–Crippen LogP) is -1.28. The monoisotopic (exact) mass is 597 g/mol. The van der Waals surface area contributed by atoms with Crippen molar-refractivity contribution in [2.75, 3.05) is 17.6 Å². The molecule has 0 spiro atoms. The van der Waals surface area contributed by atoms with E-state index in [0.29, 0.717) is 18.9 Å². The summed E-state index contributed by atoms with van der Waals surface area (Å²) >= 11 is 9.95. The molecule has 0 bridgehead atoms. The number of carbonyl (C=O) groups is 3. The minimum absolute atomic E-state index is 0. The van der Waals surface area contributed by atoms with Gasteiger partial charge in [-0.25, -0.2) is 0 Å². The number of rotatable bonds is 6. The smallest absolute Gasteiger partial charge is 0.426 e. The number of benzene rings is 2. The van der Waals surface area contributed by atoms with Crippen LogP contribution in [0.5, 0.6) is 0 Å². The summed E-state index contributed by atoms with van der Waals surface area (Å²) in [4.78, 5) is 42.1. The van der Waals surface area contributed by atoms with Crippen molar-refractivity contribution in [3.8, 4) is 0 Å². The Morgan fingerprint density at radius 3 is 2.19 bits per heavy atom. The molecule has 188 valence electrons. The topological polar surface area (TPSA) is 102 Å². The molecule has 0 saturated carbocycles. The molecule has 0 unspecified atom stereocenters. The molecule has 1 saturated heterocycles. The van der Waals surface area contributed by atoms with Gasteiger partial charge in [0.25, 0.3) is 5.91 Å². The van der Waals surface area contributed by atoms with Gasteiger partial charge >= 0.3 is 109 Å². The zero-order chi connectivity index (χ0) is 26.6. The number of aliphatic hydroxyl groups is 1. The molecule has 0 aromatic heterocycles. The predicted molar refractivity (Wildman–Crippen MR) is 126 cm³/mol. The van der Waals surface area contributed by atoms with Gasteiger partial charge < -0.3 is 19.3 Å². The molecule has 2 aromatic carbocycles. The molecule has 1 amide bonds. The second-order valence-electron chi connectivity index (χ2n) is 6.40. The molecule has 13 heteroatoms. The first kappa shape index (κ1) is 38.9. The maximum Gasteiger partial charge on any atom is 1.00 e. The average molecular weight is 599 g/mol. The van der Waals surface area contributed by atoms with Crippen LogP contribution in [0, 0.1) is 20.7 Å². The Morgan fingerprint density at radius 2 is 1.86 bits per heavy atom. The molecule has 8 nitrogen and oxygen atoms in total. The summed E-state index contributed by atoms with van der Waals surface area (Å²) in [6.45, 7) is 4.30. The molecule has 1 aliphatic rings. The van der Waals surface area contributed by atoms with Crippen molar-refractivity contribution in [2.45, 2.75) is 33.3 Å². The standard InChI is InChI=1S/C10H11NO2.C8H10O.C3H4Cl2O.C2H2FO3.2K/c1-8-3-2-4-9(7-8)11-10(12)5-6-13-11;1-7-3-2-4-8(5-7)6-9;4-2-1-3(5)6;3-1-5-6-2-4;;/h2-4,7H,5-6H2,1H3;2-5,9H,6H2,1H3;1-2H2;1-2H;;/q;;;-1;2*+1/i;;;2D;;. The van der Waals surface area contributed by atoms with E-state index >= 15 is 0 Å². The second kappa shape index (κ2) is 27.3. The molecule has 3 rings (SSSR count). The normalized spacial score (nSPS) is 11.4. The van der Waals surface area contributed by atoms with Gasteiger partial charge in [-0.3, -0.25) is 19.2 Å². The Kier molecular flexibility index (Phi) is 29.5. The van der Waals surface area contributed by atoms with Crippen molar-refractivity contribution in [2.24, 2.45) is 0 Å². The zero-order valence-electron chi connectivity index (χ0n) is 21.7. The van der Waals surface area contributed by atoms with Crippen LogP contribution in [0.1, 0.15) is 30.9 Å². The van der Waals surface area contributed by atoms with Crippen LogP contribution < -0.4 is 108 Å². The fraction of sp³-hybridized carbons (Fsp3) is 0.304. The van der Waals surface area contributed by atoms with Gasteiger partial charge in [0.1, 0.15) is 0 Å². The molecule has 1 heterocycles.